The molecule has 35 heavy (non-hydrogen) atoms. The molecule has 3 aromatic rings. The number of methoxy groups -OCH3 is 2. The number of hydrogen-bond acceptors (Lipinski definition) is 6. The van der Waals surface area contributed by atoms with Crippen LogP contribution >= 0.6 is 0 Å². The van der Waals surface area contributed by atoms with E-state index >= 15 is 0 Å². The van der Waals surface area contributed by atoms with Crippen molar-refractivity contribution in [3.8, 4) is 11.5 Å². The summed E-state index contributed by atoms with van der Waals surface area (Å²) in [5.74, 6) is -1.12. The van der Waals surface area contributed by atoms with E-state index < -0.39 is 45.7 Å². The lowest BCUT2D eigenvalue weighted by molar-refractivity contribution is -0.121. The van der Waals surface area contributed by atoms with Crippen molar-refractivity contribution in [3.05, 3.63) is 78.1 Å². The van der Waals surface area contributed by atoms with Crippen molar-refractivity contribution in [2.45, 2.75) is 16.6 Å². The average molecular weight is 499 g/mol. The number of carbonyl (C=O) groups excluding carboxylic acids is 2. The molecular formula is C25H23FN2O6S. The summed E-state index contributed by atoms with van der Waals surface area (Å²) in [4.78, 5) is 27.1. The van der Waals surface area contributed by atoms with Gasteiger partial charge in [0.1, 0.15) is 12.4 Å². The van der Waals surface area contributed by atoms with Gasteiger partial charge in [0.15, 0.2) is 21.3 Å². The predicted molar refractivity (Wildman–Crippen MR) is 128 cm³/mol. The standard InChI is InChI=1S/C25H23FN2O6S/c1-33-20-12-11-16(13-21(20)34-2)23-14-25(30)28(19-9-5-6-10-22(19)35(23,31)32)15-24(29)27-18-8-4-3-7-17(18)26/h3-13,23H,14-15H2,1-2H3,(H,27,29)/t23-/m0/s1. The Morgan fingerprint density at radius 1 is 1.03 bits per heavy atom. The van der Waals surface area contributed by atoms with Gasteiger partial charge in [0.05, 0.1) is 35.7 Å². The summed E-state index contributed by atoms with van der Waals surface area (Å²) in [7, 11) is -1.14. The smallest absolute Gasteiger partial charge is 0.244 e. The molecule has 4 rings (SSSR count). The number of ether oxygens (including phenoxy) is 2. The quantitative estimate of drug-likeness (QED) is 0.556. The molecule has 1 atom stereocenters. The zero-order chi connectivity index (χ0) is 25.2. The number of benzene rings is 3. The third-order valence-electron chi connectivity index (χ3n) is 5.73. The maximum Gasteiger partial charge on any atom is 0.244 e. The van der Waals surface area contributed by atoms with E-state index in [0.29, 0.717) is 17.1 Å². The van der Waals surface area contributed by atoms with Gasteiger partial charge in [-0.3, -0.25) is 9.59 Å². The number of para-hydroxylation sites is 2. The summed E-state index contributed by atoms with van der Waals surface area (Å²) >= 11 is 0. The maximum atomic E-state index is 14.0. The first-order valence-electron chi connectivity index (χ1n) is 10.7. The molecule has 0 aromatic heterocycles. The molecule has 1 aliphatic heterocycles. The van der Waals surface area contributed by atoms with Crippen LogP contribution in [0.2, 0.25) is 0 Å². The number of hydrogen-bond donors (Lipinski definition) is 1. The van der Waals surface area contributed by atoms with Crippen LogP contribution in [0.25, 0.3) is 0 Å². The topological polar surface area (TPSA) is 102 Å². The molecule has 0 saturated heterocycles. The van der Waals surface area contributed by atoms with Crippen molar-refractivity contribution in [2.24, 2.45) is 0 Å². The van der Waals surface area contributed by atoms with Crippen LogP contribution in [0.15, 0.2) is 71.6 Å². The Labute approximate surface area is 202 Å². The van der Waals surface area contributed by atoms with Crippen LogP contribution < -0.4 is 19.7 Å². The van der Waals surface area contributed by atoms with Crippen molar-refractivity contribution < 1.29 is 31.9 Å². The van der Waals surface area contributed by atoms with Crippen molar-refractivity contribution in [1.82, 2.24) is 0 Å². The Morgan fingerprint density at radius 3 is 2.43 bits per heavy atom. The molecule has 1 heterocycles. The Morgan fingerprint density at radius 2 is 1.71 bits per heavy atom. The van der Waals surface area contributed by atoms with Crippen molar-refractivity contribution >= 4 is 33.0 Å². The van der Waals surface area contributed by atoms with Gasteiger partial charge in [-0.25, -0.2) is 12.8 Å². The van der Waals surface area contributed by atoms with Gasteiger partial charge in [-0.05, 0) is 42.0 Å². The molecule has 0 saturated carbocycles. The summed E-state index contributed by atoms with van der Waals surface area (Å²) in [5, 5.41) is 1.22. The minimum Gasteiger partial charge on any atom is -0.493 e. The number of anilines is 2. The van der Waals surface area contributed by atoms with Crippen molar-refractivity contribution in [1.29, 1.82) is 0 Å². The van der Waals surface area contributed by atoms with Crippen molar-refractivity contribution in [2.75, 3.05) is 31.0 Å². The molecule has 0 unspecified atom stereocenters. The van der Waals surface area contributed by atoms with Crippen LogP contribution in [0.1, 0.15) is 17.2 Å². The second-order valence-electron chi connectivity index (χ2n) is 7.83. The molecule has 8 nitrogen and oxygen atoms in total. The van der Waals surface area contributed by atoms with E-state index in [9.17, 15) is 22.4 Å². The van der Waals surface area contributed by atoms with Crippen LogP contribution in [0, 0.1) is 5.82 Å². The van der Waals surface area contributed by atoms with Gasteiger partial charge in [-0.2, -0.15) is 0 Å². The molecule has 1 aliphatic rings. The van der Waals surface area contributed by atoms with Crippen LogP contribution in [0.5, 0.6) is 11.5 Å². The fourth-order valence-corrected chi connectivity index (χ4v) is 5.92. The third-order valence-corrected chi connectivity index (χ3v) is 7.87. The summed E-state index contributed by atoms with van der Waals surface area (Å²) in [6.07, 6.45) is -0.403. The van der Waals surface area contributed by atoms with E-state index in [0.717, 1.165) is 4.90 Å². The summed E-state index contributed by atoms with van der Waals surface area (Å²) < 4.78 is 51.9. The number of nitrogens with one attached hydrogen (secondary N) is 1. The zero-order valence-corrected chi connectivity index (χ0v) is 19.8. The molecule has 1 N–H and O–H groups in total. The molecule has 0 fully saturated rings. The SMILES string of the molecule is COc1ccc([C@@H]2CC(=O)N(CC(=O)Nc3ccccc3F)c3ccccc3S2(=O)=O)cc1OC. The van der Waals surface area contributed by atoms with E-state index in [1.54, 1.807) is 30.3 Å². The number of halogens is 1. The van der Waals surface area contributed by atoms with E-state index in [-0.39, 0.29) is 16.3 Å². The number of rotatable bonds is 6. The fourth-order valence-electron chi connectivity index (χ4n) is 4.01. The first-order valence-corrected chi connectivity index (χ1v) is 12.2. The number of fused-ring (bicyclic) bond motifs is 1. The molecule has 0 aliphatic carbocycles. The van der Waals surface area contributed by atoms with E-state index in [1.165, 1.54) is 50.6 Å². The Balaban J connectivity index is 1.72. The van der Waals surface area contributed by atoms with E-state index in [1.807, 2.05) is 0 Å². The Bertz CT molecular complexity index is 1390. The van der Waals surface area contributed by atoms with Crippen molar-refractivity contribution in [3.63, 3.8) is 0 Å². The molecule has 2 amide bonds. The Hall–Kier alpha value is -3.92. The van der Waals surface area contributed by atoms with Gasteiger partial charge in [0.25, 0.3) is 0 Å². The molecule has 0 bridgehead atoms. The normalized spacial score (nSPS) is 16.7. The van der Waals surface area contributed by atoms with E-state index in [2.05, 4.69) is 5.32 Å². The first kappa shape index (κ1) is 24.2. The monoisotopic (exact) mass is 498 g/mol. The highest BCUT2D eigenvalue weighted by Crippen LogP contribution is 2.42. The van der Waals surface area contributed by atoms with Crippen LogP contribution in [0.3, 0.4) is 0 Å². The number of amides is 2. The van der Waals surface area contributed by atoms with Gasteiger partial charge in [0.2, 0.25) is 11.8 Å². The second kappa shape index (κ2) is 9.75. The van der Waals surface area contributed by atoms with Gasteiger partial charge >= 0.3 is 0 Å². The highest BCUT2D eigenvalue weighted by Gasteiger charge is 2.40. The minimum absolute atomic E-state index is 0.0381. The molecular weight excluding hydrogens is 475 g/mol. The molecule has 3 aromatic carbocycles. The average Bonchev–Trinajstić information content (AvgIpc) is 2.93. The number of nitrogens with zero attached hydrogens (tertiary/aromatic N) is 1. The predicted octanol–water partition coefficient (Wildman–Crippen LogP) is 3.73. The lowest BCUT2D eigenvalue weighted by atomic mass is 10.1. The van der Waals surface area contributed by atoms with Gasteiger partial charge < -0.3 is 19.7 Å². The largest absolute Gasteiger partial charge is 0.493 e. The lowest BCUT2D eigenvalue weighted by Gasteiger charge is -2.22. The fraction of sp³-hybridized carbons (Fsp3) is 0.200. The molecule has 182 valence electrons. The molecule has 10 heteroatoms. The molecule has 0 spiro atoms. The zero-order valence-electron chi connectivity index (χ0n) is 19.0. The highest BCUT2D eigenvalue weighted by atomic mass is 32.2. The van der Waals surface area contributed by atoms with Crippen LogP contribution in [-0.4, -0.2) is 41.0 Å². The highest BCUT2D eigenvalue weighted by molar-refractivity contribution is 7.92. The maximum absolute atomic E-state index is 14.0. The van der Waals surface area contributed by atoms with Gasteiger partial charge in [-0.15, -0.1) is 0 Å². The number of sulfone groups is 1. The molecule has 0 radical (unpaired) electrons. The summed E-state index contributed by atoms with van der Waals surface area (Å²) in [5.41, 5.74) is 0.400. The van der Waals surface area contributed by atoms with Crippen LogP contribution in [-0.2, 0) is 19.4 Å². The van der Waals surface area contributed by atoms with E-state index in [4.69, 9.17) is 9.47 Å². The minimum atomic E-state index is -4.03. The second-order valence-corrected chi connectivity index (χ2v) is 9.93. The third kappa shape index (κ3) is 4.69. The summed E-state index contributed by atoms with van der Waals surface area (Å²) in [6, 6.07) is 16.3. The Kier molecular flexibility index (Phi) is 6.74. The van der Waals surface area contributed by atoms with Gasteiger partial charge in [-0.1, -0.05) is 30.3 Å². The number of carbonyl (C=O) groups is 2. The van der Waals surface area contributed by atoms with Crippen LogP contribution in [0.4, 0.5) is 15.8 Å². The summed E-state index contributed by atoms with van der Waals surface area (Å²) in [6.45, 7) is -0.488. The lowest BCUT2D eigenvalue weighted by Crippen LogP contribution is -2.38. The first-order chi connectivity index (χ1) is 16.8. The van der Waals surface area contributed by atoms with Gasteiger partial charge in [0, 0.05) is 6.42 Å².